The number of aryl methyl sites for hydroxylation is 3. The van der Waals surface area contributed by atoms with E-state index in [1.54, 1.807) is 0 Å². The standard InChI is InChI=1S/C17H26O/c1-12-9-13(2)16(14(3)10-12)11-17(18)15-7-5-4-6-8-15/h9-10,15,17-18H,4-8,11H2,1-3H3. The van der Waals surface area contributed by atoms with Crippen molar-refractivity contribution >= 4 is 0 Å². The molecule has 18 heavy (non-hydrogen) atoms. The van der Waals surface area contributed by atoms with Gasteiger partial charge in [0.2, 0.25) is 0 Å². The van der Waals surface area contributed by atoms with E-state index < -0.39 is 0 Å². The minimum absolute atomic E-state index is 0.148. The number of aliphatic hydroxyl groups excluding tert-OH is 1. The van der Waals surface area contributed by atoms with Gasteiger partial charge in [-0.3, -0.25) is 0 Å². The molecule has 0 radical (unpaired) electrons. The van der Waals surface area contributed by atoms with Gasteiger partial charge in [0, 0.05) is 0 Å². The maximum atomic E-state index is 10.4. The van der Waals surface area contributed by atoms with Crippen LogP contribution in [0.3, 0.4) is 0 Å². The first-order chi connectivity index (χ1) is 8.58. The van der Waals surface area contributed by atoms with Crippen molar-refractivity contribution < 1.29 is 5.11 Å². The molecule has 2 rings (SSSR count). The van der Waals surface area contributed by atoms with Crippen LogP contribution in [0.1, 0.15) is 54.4 Å². The molecule has 0 heterocycles. The Morgan fingerprint density at radius 1 is 1.06 bits per heavy atom. The Labute approximate surface area is 111 Å². The molecule has 0 aliphatic heterocycles. The number of hydrogen-bond donors (Lipinski definition) is 1. The SMILES string of the molecule is Cc1cc(C)c(CC(O)C2CCCCC2)c(C)c1. The van der Waals surface area contributed by atoms with E-state index in [2.05, 4.69) is 32.9 Å². The van der Waals surface area contributed by atoms with Gasteiger partial charge in [0.25, 0.3) is 0 Å². The van der Waals surface area contributed by atoms with Crippen molar-refractivity contribution in [3.05, 3.63) is 34.4 Å². The van der Waals surface area contributed by atoms with Crippen LogP contribution in [0.25, 0.3) is 0 Å². The quantitative estimate of drug-likeness (QED) is 0.851. The number of benzene rings is 1. The average Bonchev–Trinajstić information content (AvgIpc) is 2.34. The van der Waals surface area contributed by atoms with Gasteiger partial charge in [-0.15, -0.1) is 0 Å². The molecule has 0 aromatic heterocycles. The van der Waals surface area contributed by atoms with Gasteiger partial charge in [0.1, 0.15) is 0 Å². The van der Waals surface area contributed by atoms with Gasteiger partial charge >= 0.3 is 0 Å². The lowest BCUT2D eigenvalue weighted by atomic mass is 9.82. The fraction of sp³-hybridized carbons (Fsp3) is 0.647. The second kappa shape index (κ2) is 5.88. The minimum atomic E-state index is -0.148. The first-order valence-corrected chi connectivity index (χ1v) is 7.32. The third-order valence-electron chi connectivity index (χ3n) is 4.45. The smallest absolute Gasteiger partial charge is 0.0608 e. The summed E-state index contributed by atoms with van der Waals surface area (Å²) in [6, 6.07) is 4.46. The fourth-order valence-electron chi connectivity index (χ4n) is 3.43. The van der Waals surface area contributed by atoms with E-state index in [1.165, 1.54) is 54.4 Å². The van der Waals surface area contributed by atoms with Crippen molar-refractivity contribution in [2.24, 2.45) is 5.92 Å². The lowest BCUT2D eigenvalue weighted by molar-refractivity contribution is 0.0848. The molecule has 1 N–H and O–H groups in total. The topological polar surface area (TPSA) is 20.2 Å². The van der Waals surface area contributed by atoms with Crippen LogP contribution in [0.2, 0.25) is 0 Å². The lowest BCUT2D eigenvalue weighted by Crippen LogP contribution is -2.25. The van der Waals surface area contributed by atoms with Crippen molar-refractivity contribution in [1.82, 2.24) is 0 Å². The molecule has 1 unspecified atom stereocenters. The molecular weight excluding hydrogens is 220 g/mol. The summed E-state index contributed by atoms with van der Waals surface area (Å²) in [5.74, 6) is 0.527. The van der Waals surface area contributed by atoms with Crippen molar-refractivity contribution in [2.45, 2.75) is 65.4 Å². The average molecular weight is 246 g/mol. The third-order valence-corrected chi connectivity index (χ3v) is 4.45. The van der Waals surface area contributed by atoms with E-state index in [1.807, 2.05) is 0 Å². The Morgan fingerprint density at radius 2 is 1.61 bits per heavy atom. The van der Waals surface area contributed by atoms with Crippen LogP contribution in [0.15, 0.2) is 12.1 Å². The van der Waals surface area contributed by atoms with E-state index in [-0.39, 0.29) is 6.10 Å². The third kappa shape index (κ3) is 3.14. The van der Waals surface area contributed by atoms with E-state index in [9.17, 15) is 5.11 Å². The predicted molar refractivity (Wildman–Crippen MR) is 76.9 cm³/mol. The molecule has 1 atom stereocenters. The first-order valence-electron chi connectivity index (χ1n) is 7.32. The van der Waals surface area contributed by atoms with Crippen LogP contribution in [0, 0.1) is 26.7 Å². The van der Waals surface area contributed by atoms with Gasteiger partial charge in [-0.1, -0.05) is 37.0 Å². The molecule has 1 fully saturated rings. The molecule has 1 saturated carbocycles. The summed E-state index contributed by atoms with van der Waals surface area (Å²) in [5, 5.41) is 10.4. The zero-order valence-corrected chi connectivity index (χ0v) is 12.0. The molecule has 1 aliphatic rings. The molecular formula is C17H26O. The highest BCUT2D eigenvalue weighted by Gasteiger charge is 2.22. The summed E-state index contributed by atoms with van der Waals surface area (Å²) in [5.41, 5.74) is 5.35. The second-order valence-corrected chi connectivity index (χ2v) is 6.05. The Hall–Kier alpha value is -0.820. The van der Waals surface area contributed by atoms with Crippen LogP contribution in [-0.4, -0.2) is 11.2 Å². The first kappa shape index (κ1) is 13.6. The molecule has 0 saturated heterocycles. The predicted octanol–water partition coefficient (Wildman–Crippen LogP) is 4.10. The summed E-state index contributed by atoms with van der Waals surface area (Å²) in [6.45, 7) is 6.48. The summed E-state index contributed by atoms with van der Waals surface area (Å²) in [7, 11) is 0. The minimum Gasteiger partial charge on any atom is -0.392 e. The zero-order chi connectivity index (χ0) is 13.1. The van der Waals surface area contributed by atoms with Crippen LogP contribution in [0.5, 0.6) is 0 Å². The van der Waals surface area contributed by atoms with Gasteiger partial charge in [0.15, 0.2) is 0 Å². The number of rotatable bonds is 3. The van der Waals surface area contributed by atoms with E-state index in [4.69, 9.17) is 0 Å². The maximum Gasteiger partial charge on any atom is 0.0608 e. The Kier molecular flexibility index (Phi) is 4.45. The van der Waals surface area contributed by atoms with Crippen molar-refractivity contribution in [1.29, 1.82) is 0 Å². The Morgan fingerprint density at radius 3 is 2.17 bits per heavy atom. The molecule has 1 aliphatic carbocycles. The summed E-state index contributed by atoms with van der Waals surface area (Å²) in [6.07, 6.45) is 7.07. The highest BCUT2D eigenvalue weighted by Crippen LogP contribution is 2.29. The van der Waals surface area contributed by atoms with Gasteiger partial charge in [-0.05, 0) is 62.6 Å². The maximum absolute atomic E-state index is 10.4. The summed E-state index contributed by atoms with van der Waals surface area (Å²) < 4.78 is 0. The molecule has 0 bridgehead atoms. The van der Waals surface area contributed by atoms with Crippen molar-refractivity contribution in [3.8, 4) is 0 Å². The van der Waals surface area contributed by atoms with E-state index >= 15 is 0 Å². The fourth-order valence-corrected chi connectivity index (χ4v) is 3.43. The van der Waals surface area contributed by atoms with E-state index in [0.29, 0.717) is 5.92 Å². The molecule has 1 aromatic rings. The van der Waals surface area contributed by atoms with Crippen LogP contribution >= 0.6 is 0 Å². The molecule has 0 spiro atoms. The molecule has 1 aromatic carbocycles. The van der Waals surface area contributed by atoms with Crippen molar-refractivity contribution in [2.75, 3.05) is 0 Å². The van der Waals surface area contributed by atoms with Crippen LogP contribution < -0.4 is 0 Å². The van der Waals surface area contributed by atoms with Gasteiger partial charge < -0.3 is 5.11 Å². The highest BCUT2D eigenvalue weighted by atomic mass is 16.3. The largest absolute Gasteiger partial charge is 0.392 e. The lowest BCUT2D eigenvalue weighted by Gasteiger charge is -2.27. The van der Waals surface area contributed by atoms with Crippen LogP contribution in [-0.2, 0) is 6.42 Å². The van der Waals surface area contributed by atoms with Crippen LogP contribution in [0.4, 0.5) is 0 Å². The monoisotopic (exact) mass is 246 g/mol. The van der Waals surface area contributed by atoms with Gasteiger partial charge in [-0.25, -0.2) is 0 Å². The molecule has 1 heteroatoms. The van der Waals surface area contributed by atoms with E-state index in [0.717, 1.165) is 6.42 Å². The van der Waals surface area contributed by atoms with Crippen molar-refractivity contribution in [3.63, 3.8) is 0 Å². The summed E-state index contributed by atoms with van der Waals surface area (Å²) in [4.78, 5) is 0. The Balaban J connectivity index is 2.08. The number of hydrogen-bond acceptors (Lipinski definition) is 1. The van der Waals surface area contributed by atoms with Gasteiger partial charge in [0.05, 0.1) is 6.10 Å². The number of aliphatic hydroxyl groups is 1. The zero-order valence-electron chi connectivity index (χ0n) is 12.0. The summed E-state index contributed by atoms with van der Waals surface area (Å²) >= 11 is 0. The molecule has 1 nitrogen and oxygen atoms in total. The normalized spacial score (nSPS) is 18.9. The van der Waals surface area contributed by atoms with Gasteiger partial charge in [-0.2, -0.15) is 0 Å². The second-order valence-electron chi connectivity index (χ2n) is 6.05. The Bertz CT molecular complexity index is 379. The highest BCUT2D eigenvalue weighted by molar-refractivity contribution is 5.37. The molecule has 0 amide bonds. The molecule has 100 valence electrons.